The highest BCUT2D eigenvalue weighted by Gasteiger charge is 2.05. The van der Waals surface area contributed by atoms with Gasteiger partial charge in [0.15, 0.2) is 0 Å². The summed E-state index contributed by atoms with van der Waals surface area (Å²) in [5.74, 6) is 0. The van der Waals surface area contributed by atoms with Gasteiger partial charge in [0.05, 0.1) is 6.61 Å². The number of hydrogen-bond donors (Lipinski definition) is 2. The number of nitrogens with one attached hydrogen (secondary N) is 1. The number of likely N-dealkylation sites (N-methyl/N-ethyl adjacent to an activating group) is 1. The van der Waals surface area contributed by atoms with Gasteiger partial charge in [-0.05, 0) is 30.7 Å². The largest absolute Gasteiger partial charge is 0.395 e. The van der Waals surface area contributed by atoms with Gasteiger partial charge in [-0.25, -0.2) is 0 Å². The van der Waals surface area contributed by atoms with Crippen molar-refractivity contribution in [3.63, 3.8) is 0 Å². The maximum atomic E-state index is 9.08. The third kappa shape index (κ3) is 3.66. The SMILES string of the molecule is CCNC(CO)Cc1ccc(Cl)cc1. The molecule has 1 unspecified atom stereocenters. The summed E-state index contributed by atoms with van der Waals surface area (Å²) in [6.07, 6.45) is 0.835. The number of halogens is 1. The average Bonchev–Trinajstić information content (AvgIpc) is 2.20. The topological polar surface area (TPSA) is 32.3 Å². The summed E-state index contributed by atoms with van der Waals surface area (Å²) in [5.41, 5.74) is 1.19. The van der Waals surface area contributed by atoms with Crippen molar-refractivity contribution in [1.29, 1.82) is 0 Å². The number of aliphatic hydroxyl groups is 1. The van der Waals surface area contributed by atoms with Gasteiger partial charge in [-0.2, -0.15) is 0 Å². The van der Waals surface area contributed by atoms with E-state index in [-0.39, 0.29) is 12.6 Å². The normalized spacial score (nSPS) is 12.8. The molecule has 0 aliphatic rings. The molecule has 0 saturated carbocycles. The fourth-order valence-electron chi connectivity index (χ4n) is 1.39. The number of aliphatic hydroxyl groups excluding tert-OH is 1. The summed E-state index contributed by atoms with van der Waals surface area (Å²) in [4.78, 5) is 0. The highest BCUT2D eigenvalue weighted by Crippen LogP contribution is 2.10. The van der Waals surface area contributed by atoms with Crippen LogP contribution in [0, 0.1) is 0 Å². The van der Waals surface area contributed by atoms with E-state index in [1.165, 1.54) is 5.56 Å². The van der Waals surface area contributed by atoms with Crippen LogP contribution in [-0.2, 0) is 6.42 Å². The lowest BCUT2D eigenvalue weighted by atomic mass is 10.1. The van der Waals surface area contributed by atoms with Crippen molar-refractivity contribution in [1.82, 2.24) is 5.32 Å². The van der Waals surface area contributed by atoms with Crippen molar-refractivity contribution < 1.29 is 5.11 Å². The van der Waals surface area contributed by atoms with Crippen LogP contribution >= 0.6 is 11.6 Å². The lowest BCUT2D eigenvalue weighted by molar-refractivity contribution is 0.243. The minimum atomic E-state index is 0.140. The number of hydrogen-bond acceptors (Lipinski definition) is 2. The van der Waals surface area contributed by atoms with Crippen molar-refractivity contribution in [2.24, 2.45) is 0 Å². The summed E-state index contributed by atoms with van der Waals surface area (Å²) >= 11 is 5.78. The van der Waals surface area contributed by atoms with Gasteiger partial charge in [0.2, 0.25) is 0 Å². The van der Waals surface area contributed by atoms with E-state index in [1.54, 1.807) is 0 Å². The molecule has 3 heteroatoms. The summed E-state index contributed by atoms with van der Waals surface area (Å²) in [5, 5.41) is 13.0. The first kappa shape index (κ1) is 11.5. The molecule has 1 aromatic carbocycles. The van der Waals surface area contributed by atoms with Crippen molar-refractivity contribution >= 4 is 11.6 Å². The highest BCUT2D eigenvalue weighted by atomic mass is 35.5. The second-order valence-electron chi connectivity index (χ2n) is 3.27. The molecule has 0 aromatic heterocycles. The molecule has 1 rings (SSSR count). The molecule has 1 aromatic rings. The van der Waals surface area contributed by atoms with Crippen molar-refractivity contribution in [2.45, 2.75) is 19.4 Å². The van der Waals surface area contributed by atoms with Crippen LogP contribution in [0.1, 0.15) is 12.5 Å². The highest BCUT2D eigenvalue weighted by molar-refractivity contribution is 6.30. The van der Waals surface area contributed by atoms with E-state index in [0.29, 0.717) is 0 Å². The summed E-state index contributed by atoms with van der Waals surface area (Å²) in [6, 6.07) is 7.86. The summed E-state index contributed by atoms with van der Waals surface area (Å²) < 4.78 is 0. The van der Waals surface area contributed by atoms with Gasteiger partial charge in [-0.3, -0.25) is 0 Å². The number of rotatable bonds is 5. The fraction of sp³-hybridized carbons (Fsp3) is 0.455. The summed E-state index contributed by atoms with van der Waals surface area (Å²) in [6.45, 7) is 3.07. The smallest absolute Gasteiger partial charge is 0.0587 e. The quantitative estimate of drug-likeness (QED) is 0.783. The Hall–Kier alpha value is -0.570. The van der Waals surface area contributed by atoms with E-state index in [4.69, 9.17) is 16.7 Å². The van der Waals surface area contributed by atoms with Gasteiger partial charge in [-0.15, -0.1) is 0 Å². The molecule has 0 fully saturated rings. The van der Waals surface area contributed by atoms with Crippen LogP contribution in [0.5, 0.6) is 0 Å². The zero-order valence-electron chi connectivity index (χ0n) is 8.33. The maximum absolute atomic E-state index is 9.08. The van der Waals surface area contributed by atoms with E-state index in [2.05, 4.69) is 5.32 Å². The van der Waals surface area contributed by atoms with E-state index < -0.39 is 0 Å². The van der Waals surface area contributed by atoms with Gasteiger partial charge in [0, 0.05) is 11.1 Å². The second kappa shape index (κ2) is 6.02. The lowest BCUT2D eigenvalue weighted by Crippen LogP contribution is -2.34. The predicted molar refractivity (Wildman–Crippen MR) is 59.7 cm³/mol. The Morgan fingerprint density at radius 1 is 1.36 bits per heavy atom. The first-order chi connectivity index (χ1) is 6.76. The average molecular weight is 214 g/mol. The molecule has 0 aliphatic heterocycles. The minimum absolute atomic E-state index is 0.140. The molecule has 0 heterocycles. The molecule has 0 bridgehead atoms. The van der Waals surface area contributed by atoms with E-state index in [1.807, 2.05) is 31.2 Å². The first-order valence-corrected chi connectivity index (χ1v) is 5.22. The standard InChI is InChI=1S/C11H16ClNO/c1-2-13-11(8-14)7-9-3-5-10(12)6-4-9/h3-6,11,13-14H,2,7-8H2,1H3. The molecule has 0 aliphatic carbocycles. The molecular formula is C11H16ClNO. The van der Waals surface area contributed by atoms with Crippen molar-refractivity contribution in [3.05, 3.63) is 34.9 Å². The van der Waals surface area contributed by atoms with Gasteiger partial charge >= 0.3 is 0 Å². The zero-order valence-corrected chi connectivity index (χ0v) is 9.09. The van der Waals surface area contributed by atoms with Crippen molar-refractivity contribution in [3.8, 4) is 0 Å². The minimum Gasteiger partial charge on any atom is -0.395 e. The molecule has 0 amide bonds. The van der Waals surface area contributed by atoms with E-state index in [9.17, 15) is 0 Å². The Morgan fingerprint density at radius 3 is 2.50 bits per heavy atom. The Bertz CT molecular complexity index is 260. The number of benzene rings is 1. The molecule has 2 nitrogen and oxygen atoms in total. The Kier molecular flexibility index (Phi) is 4.94. The van der Waals surface area contributed by atoms with E-state index >= 15 is 0 Å². The molecule has 0 saturated heterocycles. The molecular weight excluding hydrogens is 198 g/mol. The Balaban J connectivity index is 2.53. The molecule has 14 heavy (non-hydrogen) atoms. The van der Waals surface area contributed by atoms with Gasteiger partial charge in [-0.1, -0.05) is 30.7 Å². The predicted octanol–water partition coefficient (Wildman–Crippen LogP) is 1.85. The molecule has 78 valence electrons. The van der Waals surface area contributed by atoms with Crippen molar-refractivity contribution in [2.75, 3.05) is 13.2 Å². The van der Waals surface area contributed by atoms with Crippen LogP contribution in [-0.4, -0.2) is 24.3 Å². The molecule has 1 atom stereocenters. The van der Waals surface area contributed by atoms with Crippen LogP contribution in [0.2, 0.25) is 5.02 Å². The van der Waals surface area contributed by atoms with Crippen LogP contribution < -0.4 is 5.32 Å². The van der Waals surface area contributed by atoms with Crippen LogP contribution in [0.4, 0.5) is 0 Å². The van der Waals surface area contributed by atoms with Crippen LogP contribution in [0.15, 0.2) is 24.3 Å². The summed E-state index contributed by atoms with van der Waals surface area (Å²) in [7, 11) is 0. The third-order valence-electron chi connectivity index (χ3n) is 2.11. The second-order valence-corrected chi connectivity index (χ2v) is 3.70. The fourth-order valence-corrected chi connectivity index (χ4v) is 1.52. The molecule has 2 N–H and O–H groups in total. The lowest BCUT2D eigenvalue weighted by Gasteiger charge is -2.14. The monoisotopic (exact) mass is 213 g/mol. The van der Waals surface area contributed by atoms with Gasteiger partial charge in [0.25, 0.3) is 0 Å². The van der Waals surface area contributed by atoms with Gasteiger partial charge < -0.3 is 10.4 Å². The molecule has 0 spiro atoms. The van der Waals surface area contributed by atoms with Gasteiger partial charge in [0.1, 0.15) is 0 Å². The zero-order chi connectivity index (χ0) is 10.4. The Morgan fingerprint density at radius 2 is 2.00 bits per heavy atom. The van der Waals surface area contributed by atoms with Crippen LogP contribution in [0.3, 0.4) is 0 Å². The third-order valence-corrected chi connectivity index (χ3v) is 2.36. The van der Waals surface area contributed by atoms with E-state index in [0.717, 1.165) is 18.0 Å². The first-order valence-electron chi connectivity index (χ1n) is 4.85. The Labute approximate surface area is 89.9 Å². The van der Waals surface area contributed by atoms with Crippen LogP contribution in [0.25, 0.3) is 0 Å². The maximum Gasteiger partial charge on any atom is 0.0587 e. The molecule has 0 radical (unpaired) electrons.